The molecule has 1 nitrogen and oxygen atoms in total. The van der Waals surface area contributed by atoms with E-state index >= 15 is 0 Å². The van der Waals surface area contributed by atoms with Crippen LogP contribution in [-0.4, -0.2) is 24.5 Å². The molecule has 0 aliphatic rings. The molecule has 0 radical (unpaired) electrons. The van der Waals surface area contributed by atoms with Gasteiger partial charge in [-0.1, -0.05) is 36.1 Å². The van der Waals surface area contributed by atoms with Crippen LogP contribution >= 0.6 is 0 Å². The lowest BCUT2D eigenvalue weighted by atomic mass is 10.1. The second-order valence-electron chi connectivity index (χ2n) is 2.53. The highest BCUT2D eigenvalue weighted by molar-refractivity contribution is 5.15. The third-order valence-electron chi connectivity index (χ3n) is 1.45. The fraction of sp³-hybridized carbons (Fsp3) is 0.385. The maximum absolute atomic E-state index is 8.37. The van der Waals surface area contributed by atoms with E-state index in [0.717, 1.165) is 11.9 Å². The molecule has 0 aliphatic carbocycles. The summed E-state index contributed by atoms with van der Waals surface area (Å²) in [4.78, 5) is 0.765. The molecule has 0 unspecified atom stereocenters. The lowest BCUT2D eigenvalue weighted by Crippen LogP contribution is -2.31. The van der Waals surface area contributed by atoms with Gasteiger partial charge in [-0.2, -0.15) is 0 Å². The van der Waals surface area contributed by atoms with E-state index in [1.807, 2.05) is 0 Å². The maximum Gasteiger partial charge on any atom is 0.0626 e. The molecule has 14 heavy (non-hydrogen) atoms. The Bertz CT molecular complexity index is 689. The predicted octanol–water partition coefficient (Wildman–Crippen LogP) is 2.18. The van der Waals surface area contributed by atoms with Crippen molar-refractivity contribution >= 4 is 0 Å². The number of likely N-dealkylation sites (N-methyl/N-ethyl adjacent to an activating group) is 1. The van der Waals surface area contributed by atoms with Gasteiger partial charge in [-0.15, -0.1) is 6.42 Å². The zero-order valence-electron chi connectivity index (χ0n) is 18.7. The molecule has 0 saturated carbocycles. The minimum atomic E-state index is -3.23. The molecule has 74 valence electrons. The Hall–Kier alpha value is -1.26. The van der Waals surface area contributed by atoms with Gasteiger partial charge in [0, 0.05) is 14.2 Å². The van der Waals surface area contributed by atoms with Gasteiger partial charge in [0.1, 0.15) is 0 Å². The summed E-state index contributed by atoms with van der Waals surface area (Å²) in [5, 5.41) is 0. The van der Waals surface area contributed by atoms with Gasteiger partial charge in [-0.05, 0) is 25.8 Å². The average Bonchev–Trinajstić information content (AvgIpc) is 2.49. The summed E-state index contributed by atoms with van der Waals surface area (Å²) < 4.78 is 86.4. The topological polar surface area (TPSA) is 3.24 Å². The molecule has 1 atom stereocenters. The number of benzene rings is 1. The van der Waals surface area contributed by atoms with Gasteiger partial charge in [0.25, 0.3) is 0 Å². The fourth-order valence-corrected chi connectivity index (χ4v) is 0.742. The molecule has 0 fully saturated rings. The van der Waals surface area contributed by atoms with Crippen LogP contribution in [0.25, 0.3) is 0 Å². The molecule has 0 amide bonds. The first-order valence-electron chi connectivity index (χ1n) is 9.38. The van der Waals surface area contributed by atoms with Crippen molar-refractivity contribution in [3.05, 3.63) is 35.8 Å². The van der Waals surface area contributed by atoms with Crippen LogP contribution in [0.1, 0.15) is 27.5 Å². The first kappa shape index (κ1) is 3.12. The normalized spacial score (nSPS) is 27.9. The van der Waals surface area contributed by atoms with Crippen LogP contribution < -0.4 is 0 Å². The van der Waals surface area contributed by atoms with Crippen molar-refractivity contribution in [2.24, 2.45) is 0 Å². The highest BCUT2D eigenvalue weighted by Gasteiger charge is 2.07. The Kier molecular flexibility index (Phi) is 1.22. The van der Waals surface area contributed by atoms with Crippen LogP contribution in [0.2, 0.25) is 0 Å². The summed E-state index contributed by atoms with van der Waals surface area (Å²) >= 11 is 0. The van der Waals surface area contributed by atoms with E-state index in [1.165, 1.54) is 0 Å². The molecule has 0 bridgehead atoms. The van der Waals surface area contributed by atoms with E-state index in [9.17, 15) is 0 Å². The summed E-state index contributed by atoms with van der Waals surface area (Å²) in [6.07, 6.45) is 1.98. The summed E-state index contributed by atoms with van der Waals surface area (Å²) in [7, 11) is 1.13. The summed E-state index contributed by atoms with van der Waals surface area (Å²) in [6.45, 7) is -3.62. The standard InChI is InChI=1S/C13H17N/c1-4-10-14(3)12(2)11-13-8-6-5-7-9-13/h1,5-9,12H,10-11H2,2-3H3/t12-/m1/s1/i2D3,5D,6D,7D,8D,9D,11D2,12D. The third kappa shape index (κ3) is 3.24. The van der Waals surface area contributed by atoms with Crippen molar-refractivity contribution in [3.8, 4) is 12.3 Å². The molecule has 1 heteroatoms. The first-order chi connectivity index (χ1) is 11.2. The smallest absolute Gasteiger partial charge is 0.0626 e. The predicted molar refractivity (Wildman–Crippen MR) is 61.1 cm³/mol. The van der Waals surface area contributed by atoms with Crippen molar-refractivity contribution < 1.29 is 15.1 Å². The van der Waals surface area contributed by atoms with Crippen LogP contribution in [0.5, 0.6) is 0 Å². The Morgan fingerprint density at radius 1 is 1.71 bits per heavy atom. The second-order valence-corrected chi connectivity index (χ2v) is 2.53. The molecule has 0 spiro atoms. The summed E-state index contributed by atoms with van der Waals surface area (Å²) in [6, 6.07) is -7.15. The lowest BCUT2D eigenvalue weighted by molar-refractivity contribution is 0.287. The quantitative estimate of drug-likeness (QED) is 0.670. The zero-order chi connectivity index (χ0) is 20.0. The maximum atomic E-state index is 8.37. The molecule has 0 heterocycles. The molecule has 0 saturated heterocycles. The van der Waals surface area contributed by atoms with E-state index in [0.29, 0.717) is 0 Å². The minimum Gasteiger partial charge on any atom is -0.292 e. The van der Waals surface area contributed by atoms with Gasteiger partial charge in [0.2, 0.25) is 0 Å². The second kappa shape index (κ2) is 5.47. The molecule has 0 aromatic heterocycles. The number of terminal acetylenes is 1. The Balaban J connectivity index is 3.89. The number of rotatable bonds is 4. The van der Waals surface area contributed by atoms with Gasteiger partial charge < -0.3 is 0 Å². The van der Waals surface area contributed by atoms with E-state index in [4.69, 9.17) is 21.5 Å². The van der Waals surface area contributed by atoms with E-state index < -0.39 is 55.0 Å². The highest BCUT2D eigenvalue weighted by atomic mass is 15.1. The molecule has 0 N–H and O–H groups in total. The molecule has 0 aliphatic heterocycles. The van der Waals surface area contributed by atoms with E-state index in [1.54, 1.807) is 0 Å². The van der Waals surface area contributed by atoms with E-state index in [2.05, 4.69) is 5.92 Å². The van der Waals surface area contributed by atoms with Crippen molar-refractivity contribution in [3.63, 3.8) is 0 Å². The Morgan fingerprint density at radius 3 is 3.00 bits per heavy atom. The summed E-state index contributed by atoms with van der Waals surface area (Å²) in [5.41, 5.74) is -0.895. The molecular weight excluding hydrogens is 170 g/mol. The molecule has 1 aromatic carbocycles. The Labute approximate surface area is 102 Å². The highest BCUT2D eigenvalue weighted by Crippen LogP contribution is 2.06. The van der Waals surface area contributed by atoms with Crippen LogP contribution in [0.15, 0.2) is 30.2 Å². The van der Waals surface area contributed by atoms with Crippen molar-refractivity contribution in [1.82, 2.24) is 4.90 Å². The average molecular weight is 198 g/mol. The molecule has 1 rings (SSSR count). The number of hydrogen-bond acceptors (Lipinski definition) is 1. The van der Waals surface area contributed by atoms with Crippen molar-refractivity contribution in [2.75, 3.05) is 13.6 Å². The number of nitrogens with zero attached hydrogens (tertiary/aromatic N) is 1. The molecular formula is C13H17N. The number of hydrogen-bond donors (Lipinski definition) is 0. The van der Waals surface area contributed by atoms with Gasteiger partial charge in [0.15, 0.2) is 0 Å². The van der Waals surface area contributed by atoms with Crippen LogP contribution in [0.4, 0.5) is 0 Å². The van der Waals surface area contributed by atoms with Gasteiger partial charge in [-0.25, -0.2) is 0 Å². The van der Waals surface area contributed by atoms with Crippen LogP contribution in [0.3, 0.4) is 0 Å². The SMILES string of the molecule is [2H]c1c([2H])c([2H])c(C([2H])([2H])[C@]([2H])(N(C)CC#C)C([2H])([2H])[2H])c([2H])c1[2H]. The van der Waals surface area contributed by atoms with E-state index in [-0.39, 0.29) is 6.54 Å². The van der Waals surface area contributed by atoms with Gasteiger partial charge >= 0.3 is 0 Å². The lowest BCUT2D eigenvalue weighted by Gasteiger charge is -2.22. The van der Waals surface area contributed by atoms with Crippen LogP contribution in [0, 0.1) is 12.3 Å². The van der Waals surface area contributed by atoms with Crippen LogP contribution in [-0.2, 0) is 6.37 Å². The fourth-order valence-electron chi connectivity index (χ4n) is 0.742. The zero-order valence-corrected chi connectivity index (χ0v) is 7.73. The Morgan fingerprint density at radius 2 is 2.43 bits per heavy atom. The van der Waals surface area contributed by atoms with Gasteiger partial charge in [-0.3, -0.25) is 4.90 Å². The van der Waals surface area contributed by atoms with Crippen molar-refractivity contribution in [2.45, 2.75) is 19.2 Å². The summed E-state index contributed by atoms with van der Waals surface area (Å²) in [5.74, 6) is 2.12. The molecule has 1 aromatic rings. The minimum absolute atomic E-state index is 0.389. The van der Waals surface area contributed by atoms with Gasteiger partial charge in [0.05, 0.1) is 13.4 Å². The van der Waals surface area contributed by atoms with Crippen molar-refractivity contribution in [1.29, 1.82) is 0 Å². The monoisotopic (exact) mass is 198 g/mol. The third-order valence-corrected chi connectivity index (χ3v) is 1.45. The largest absolute Gasteiger partial charge is 0.292 e. The first-order valence-corrected chi connectivity index (χ1v) is 3.88.